The fourth-order valence-electron chi connectivity index (χ4n) is 3.59. The largest absolute Gasteiger partial charge is 0.497 e. The molecular weight excluding hydrogens is 412 g/mol. The Labute approximate surface area is 184 Å². The molecule has 1 aliphatic rings. The smallest absolute Gasteiger partial charge is 0.282 e. The van der Waals surface area contributed by atoms with Gasteiger partial charge in [-0.25, -0.2) is 4.90 Å². The van der Waals surface area contributed by atoms with E-state index in [-0.39, 0.29) is 11.6 Å². The van der Waals surface area contributed by atoms with Crippen molar-refractivity contribution in [2.75, 3.05) is 24.4 Å². The first kappa shape index (κ1) is 20.7. The molecule has 4 rings (SSSR count). The van der Waals surface area contributed by atoms with Crippen LogP contribution >= 0.6 is 11.3 Å². The first-order chi connectivity index (χ1) is 14.9. The first-order valence-corrected chi connectivity index (χ1v) is 10.5. The third-order valence-corrected chi connectivity index (χ3v) is 5.95. The molecule has 2 heterocycles. The van der Waals surface area contributed by atoms with Crippen LogP contribution in [0.4, 0.5) is 11.4 Å². The van der Waals surface area contributed by atoms with Crippen molar-refractivity contribution < 1.29 is 19.1 Å². The Morgan fingerprint density at radius 1 is 0.903 bits per heavy atom. The van der Waals surface area contributed by atoms with Crippen LogP contribution in [-0.4, -0.2) is 26.0 Å². The van der Waals surface area contributed by atoms with Crippen molar-refractivity contribution in [1.82, 2.24) is 0 Å². The van der Waals surface area contributed by atoms with E-state index in [4.69, 9.17) is 9.47 Å². The summed E-state index contributed by atoms with van der Waals surface area (Å²) in [6, 6.07) is 14.6. The van der Waals surface area contributed by atoms with Gasteiger partial charge in [0.2, 0.25) is 0 Å². The molecule has 0 unspecified atom stereocenters. The summed E-state index contributed by atoms with van der Waals surface area (Å²) in [5.74, 6) is 0.394. The molecule has 0 aliphatic carbocycles. The van der Waals surface area contributed by atoms with Gasteiger partial charge >= 0.3 is 0 Å². The molecule has 0 saturated heterocycles. The van der Waals surface area contributed by atoms with Crippen LogP contribution in [0.1, 0.15) is 16.0 Å². The van der Waals surface area contributed by atoms with Gasteiger partial charge in [-0.3, -0.25) is 9.59 Å². The SMILES string of the molecule is COc1cc(NC2=C(c3cccs3)C(=O)N(c3ccc(C)cc3C)C2=O)cc(OC)c1. The average molecular weight is 435 g/mol. The number of imide groups is 1. The van der Waals surface area contributed by atoms with Crippen molar-refractivity contribution in [2.24, 2.45) is 0 Å². The van der Waals surface area contributed by atoms with Crippen molar-refractivity contribution in [3.63, 3.8) is 0 Å². The van der Waals surface area contributed by atoms with Crippen LogP contribution in [0.25, 0.3) is 5.57 Å². The summed E-state index contributed by atoms with van der Waals surface area (Å²) < 4.78 is 10.7. The summed E-state index contributed by atoms with van der Waals surface area (Å²) >= 11 is 1.41. The maximum Gasteiger partial charge on any atom is 0.282 e. The summed E-state index contributed by atoms with van der Waals surface area (Å²) in [7, 11) is 3.11. The van der Waals surface area contributed by atoms with Gasteiger partial charge in [0, 0.05) is 28.8 Å². The minimum atomic E-state index is -0.401. The minimum Gasteiger partial charge on any atom is -0.497 e. The van der Waals surface area contributed by atoms with Crippen LogP contribution in [0.3, 0.4) is 0 Å². The molecule has 7 heteroatoms. The van der Waals surface area contributed by atoms with Gasteiger partial charge in [-0.05, 0) is 36.9 Å². The van der Waals surface area contributed by atoms with Crippen LogP contribution in [0.15, 0.2) is 59.6 Å². The standard InChI is InChI=1S/C24H22N2O4S/c1-14-7-8-19(15(2)10-14)26-23(27)21(20-6-5-9-31-20)22(24(26)28)25-16-11-17(29-3)13-18(12-16)30-4/h5-13,25H,1-4H3. The second-order valence-corrected chi connectivity index (χ2v) is 8.14. The second-order valence-electron chi connectivity index (χ2n) is 7.19. The summed E-state index contributed by atoms with van der Waals surface area (Å²) in [6.07, 6.45) is 0. The Morgan fingerprint density at radius 3 is 2.19 bits per heavy atom. The molecule has 0 atom stereocenters. The Hall–Kier alpha value is -3.58. The quantitative estimate of drug-likeness (QED) is 0.566. The second kappa shape index (κ2) is 8.28. The predicted octanol–water partition coefficient (Wildman–Crippen LogP) is 4.78. The zero-order valence-corrected chi connectivity index (χ0v) is 18.5. The van der Waals surface area contributed by atoms with Crippen LogP contribution < -0.4 is 19.7 Å². The molecule has 3 aromatic rings. The van der Waals surface area contributed by atoms with E-state index in [0.29, 0.717) is 28.4 Å². The fraction of sp³-hybridized carbons (Fsp3) is 0.167. The molecule has 0 saturated carbocycles. The number of carbonyl (C=O) groups is 2. The number of methoxy groups -OCH3 is 2. The van der Waals surface area contributed by atoms with Crippen LogP contribution in [-0.2, 0) is 9.59 Å². The van der Waals surface area contributed by atoms with Gasteiger partial charge in [-0.1, -0.05) is 23.8 Å². The third kappa shape index (κ3) is 3.80. The number of benzene rings is 2. The number of nitrogens with zero attached hydrogens (tertiary/aromatic N) is 1. The van der Waals surface area contributed by atoms with Crippen molar-refractivity contribution in [3.05, 3.63) is 75.6 Å². The highest BCUT2D eigenvalue weighted by Crippen LogP contribution is 2.37. The number of nitrogens with one attached hydrogen (secondary N) is 1. The van der Waals surface area contributed by atoms with Gasteiger partial charge in [-0.2, -0.15) is 0 Å². The highest BCUT2D eigenvalue weighted by atomic mass is 32.1. The van der Waals surface area contributed by atoms with Gasteiger partial charge in [-0.15, -0.1) is 11.3 Å². The molecule has 158 valence electrons. The molecule has 1 N–H and O–H groups in total. The average Bonchev–Trinajstić information content (AvgIpc) is 3.35. The van der Waals surface area contributed by atoms with E-state index in [1.54, 1.807) is 32.4 Å². The van der Waals surface area contributed by atoms with Gasteiger partial charge < -0.3 is 14.8 Å². The molecule has 0 spiro atoms. The number of thiophene rings is 1. The fourth-order valence-corrected chi connectivity index (χ4v) is 4.36. The van der Waals surface area contributed by atoms with Crippen molar-refractivity contribution in [2.45, 2.75) is 13.8 Å². The number of amides is 2. The van der Waals surface area contributed by atoms with Gasteiger partial charge in [0.15, 0.2) is 0 Å². The van der Waals surface area contributed by atoms with Crippen molar-refractivity contribution in [3.8, 4) is 11.5 Å². The zero-order chi connectivity index (χ0) is 22.1. The summed E-state index contributed by atoms with van der Waals surface area (Å²) in [5, 5.41) is 5.03. The molecule has 1 aliphatic heterocycles. The minimum absolute atomic E-state index is 0.225. The number of hydrogen-bond acceptors (Lipinski definition) is 6. The maximum absolute atomic E-state index is 13.5. The normalized spacial score (nSPS) is 13.7. The van der Waals surface area contributed by atoms with E-state index in [1.165, 1.54) is 16.2 Å². The molecule has 2 amide bonds. The third-order valence-electron chi connectivity index (χ3n) is 5.07. The topological polar surface area (TPSA) is 67.9 Å². The van der Waals surface area contributed by atoms with Gasteiger partial charge in [0.05, 0.1) is 25.5 Å². The lowest BCUT2D eigenvalue weighted by molar-refractivity contribution is -0.120. The van der Waals surface area contributed by atoms with E-state index >= 15 is 0 Å². The highest BCUT2D eigenvalue weighted by Gasteiger charge is 2.41. The van der Waals surface area contributed by atoms with Crippen molar-refractivity contribution in [1.29, 1.82) is 0 Å². The molecule has 31 heavy (non-hydrogen) atoms. The molecular formula is C24H22N2O4S. The highest BCUT2D eigenvalue weighted by molar-refractivity contribution is 7.11. The lowest BCUT2D eigenvalue weighted by Crippen LogP contribution is -2.33. The Morgan fingerprint density at radius 2 is 1.61 bits per heavy atom. The number of aryl methyl sites for hydroxylation is 2. The molecule has 0 radical (unpaired) electrons. The number of rotatable bonds is 6. The van der Waals surface area contributed by atoms with E-state index < -0.39 is 5.91 Å². The van der Waals surface area contributed by atoms with E-state index in [0.717, 1.165) is 16.0 Å². The number of hydrogen-bond donors (Lipinski definition) is 1. The van der Waals surface area contributed by atoms with E-state index in [9.17, 15) is 9.59 Å². The van der Waals surface area contributed by atoms with Gasteiger partial charge in [0.1, 0.15) is 17.2 Å². The lowest BCUT2D eigenvalue weighted by atomic mass is 10.1. The summed E-state index contributed by atoms with van der Waals surface area (Å²) in [5.41, 5.74) is 3.66. The Kier molecular flexibility index (Phi) is 5.52. The molecule has 0 bridgehead atoms. The van der Waals surface area contributed by atoms with E-state index in [1.807, 2.05) is 49.6 Å². The number of ether oxygens (including phenoxy) is 2. The Bertz CT molecular complexity index is 1180. The van der Waals surface area contributed by atoms with E-state index in [2.05, 4.69) is 5.32 Å². The monoisotopic (exact) mass is 434 g/mol. The lowest BCUT2D eigenvalue weighted by Gasteiger charge is -2.18. The maximum atomic E-state index is 13.5. The predicted molar refractivity (Wildman–Crippen MR) is 123 cm³/mol. The summed E-state index contributed by atoms with van der Waals surface area (Å²) in [6.45, 7) is 3.87. The number of carbonyl (C=O) groups excluding carboxylic acids is 2. The first-order valence-electron chi connectivity index (χ1n) is 9.67. The molecule has 1 aromatic heterocycles. The summed E-state index contributed by atoms with van der Waals surface area (Å²) in [4.78, 5) is 28.9. The molecule has 0 fully saturated rings. The van der Waals surface area contributed by atoms with Crippen LogP contribution in [0.5, 0.6) is 11.5 Å². The molecule has 2 aromatic carbocycles. The Balaban J connectivity index is 1.81. The number of anilines is 2. The van der Waals surface area contributed by atoms with Gasteiger partial charge in [0.25, 0.3) is 11.8 Å². The van der Waals surface area contributed by atoms with Crippen molar-refractivity contribution >= 4 is 40.1 Å². The van der Waals surface area contributed by atoms with Crippen LogP contribution in [0.2, 0.25) is 0 Å². The zero-order valence-electron chi connectivity index (χ0n) is 17.7. The molecule has 6 nitrogen and oxygen atoms in total. The van der Waals surface area contributed by atoms with Crippen LogP contribution in [0, 0.1) is 13.8 Å².